The number of hydrogen-bond donors (Lipinski definition) is 1. The highest BCUT2D eigenvalue weighted by molar-refractivity contribution is 6.01. The molecule has 0 radical (unpaired) electrons. The van der Waals surface area contributed by atoms with Gasteiger partial charge >= 0.3 is 5.97 Å². The molecule has 1 aromatic rings. The Morgan fingerprint density at radius 2 is 2.00 bits per heavy atom. The fourth-order valence-electron chi connectivity index (χ4n) is 1.29. The van der Waals surface area contributed by atoms with E-state index in [0.29, 0.717) is 0 Å². The number of hydrogen-bond acceptors (Lipinski definition) is 4. The summed E-state index contributed by atoms with van der Waals surface area (Å²) in [5.74, 6) is -0.809. The van der Waals surface area contributed by atoms with Crippen LogP contribution in [0.3, 0.4) is 0 Å². The largest absolute Gasteiger partial charge is 0.507 e. The Kier molecular flexibility index (Phi) is 4.05. The van der Waals surface area contributed by atoms with Crippen LogP contribution >= 0.6 is 0 Å². The van der Waals surface area contributed by atoms with E-state index in [0.717, 1.165) is 0 Å². The number of rotatable bonds is 4. The quantitative estimate of drug-likeness (QED) is 0.626. The maximum atomic E-state index is 11.5. The molecule has 1 rings (SSSR count). The predicted molar refractivity (Wildman–Crippen MR) is 58.7 cm³/mol. The van der Waals surface area contributed by atoms with Crippen LogP contribution in [0.2, 0.25) is 0 Å². The van der Waals surface area contributed by atoms with Crippen molar-refractivity contribution in [3.8, 4) is 5.75 Å². The summed E-state index contributed by atoms with van der Waals surface area (Å²) in [4.78, 5) is 22.9. The monoisotopic (exact) mass is 222 g/mol. The highest BCUT2D eigenvalue weighted by atomic mass is 16.5. The zero-order valence-corrected chi connectivity index (χ0v) is 9.32. The lowest BCUT2D eigenvalue weighted by Crippen LogP contribution is -2.06. The first kappa shape index (κ1) is 12.2. The Balaban J connectivity index is 3.07. The number of phenols is 1. The fourth-order valence-corrected chi connectivity index (χ4v) is 1.29. The Hall–Kier alpha value is -1.84. The van der Waals surface area contributed by atoms with E-state index in [1.165, 1.54) is 18.2 Å². The molecule has 0 fully saturated rings. The molecule has 0 saturated carbocycles. The van der Waals surface area contributed by atoms with E-state index in [4.69, 9.17) is 4.74 Å². The molecule has 0 bridgehead atoms. The van der Waals surface area contributed by atoms with E-state index in [1.54, 1.807) is 13.8 Å². The average molecular weight is 222 g/mol. The molecular weight excluding hydrogens is 208 g/mol. The van der Waals surface area contributed by atoms with Crippen molar-refractivity contribution in [3.63, 3.8) is 0 Å². The Morgan fingerprint density at radius 1 is 1.31 bits per heavy atom. The topological polar surface area (TPSA) is 63.6 Å². The molecule has 86 valence electrons. The van der Waals surface area contributed by atoms with E-state index in [9.17, 15) is 14.7 Å². The molecule has 16 heavy (non-hydrogen) atoms. The minimum absolute atomic E-state index is 0.111. The van der Waals surface area contributed by atoms with Crippen molar-refractivity contribution in [2.45, 2.75) is 20.3 Å². The van der Waals surface area contributed by atoms with Crippen LogP contribution in [0.15, 0.2) is 18.2 Å². The number of Topliss-reactive ketones (excluding diaryl/α,β-unsaturated/α-hetero) is 1. The Morgan fingerprint density at radius 3 is 2.56 bits per heavy atom. The lowest BCUT2D eigenvalue weighted by Gasteiger charge is -2.05. The van der Waals surface area contributed by atoms with Crippen molar-refractivity contribution in [2.75, 3.05) is 6.61 Å². The lowest BCUT2D eigenvalue weighted by atomic mass is 10.0. The third kappa shape index (κ3) is 2.59. The van der Waals surface area contributed by atoms with Gasteiger partial charge in [-0.05, 0) is 25.1 Å². The Bertz CT molecular complexity index is 409. The number of benzene rings is 1. The van der Waals surface area contributed by atoms with Gasteiger partial charge in [-0.25, -0.2) is 4.79 Å². The maximum absolute atomic E-state index is 11.5. The molecule has 0 aliphatic carbocycles. The van der Waals surface area contributed by atoms with Crippen molar-refractivity contribution in [3.05, 3.63) is 29.3 Å². The molecule has 0 unspecified atom stereocenters. The predicted octanol–water partition coefficient (Wildman–Crippen LogP) is 2.16. The minimum Gasteiger partial charge on any atom is -0.507 e. The summed E-state index contributed by atoms with van der Waals surface area (Å²) in [6, 6.07) is 4.12. The first-order chi connectivity index (χ1) is 7.60. The average Bonchev–Trinajstić information content (AvgIpc) is 2.29. The van der Waals surface area contributed by atoms with Gasteiger partial charge in [0, 0.05) is 6.42 Å². The number of ketones is 1. The number of esters is 1. The van der Waals surface area contributed by atoms with E-state index in [2.05, 4.69) is 0 Å². The van der Waals surface area contributed by atoms with Crippen LogP contribution in [0.1, 0.15) is 41.0 Å². The van der Waals surface area contributed by atoms with Crippen LogP contribution in [0, 0.1) is 0 Å². The molecule has 0 atom stereocenters. The third-order valence-electron chi connectivity index (χ3n) is 2.13. The van der Waals surface area contributed by atoms with Crippen molar-refractivity contribution >= 4 is 11.8 Å². The summed E-state index contributed by atoms with van der Waals surface area (Å²) >= 11 is 0. The molecule has 0 aliphatic heterocycles. The molecule has 0 heterocycles. The number of aromatic hydroxyl groups is 1. The maximum Gasteiger partial charge on any atom is 0.338 e. The zero-order valence-electron chi connectivity index (χ0n) is 9.32. The van der Waals surface area contributed by atoms with E-state index in [1.807, 2.05) is 0 Å². The van der Waals surface area contributed by atoms with E-state index < -0.39 is 5.97 Å². The molecule has 1 N–H and O–H groups in total. The van der Waals surface area contributed by atoms with Gasteiger partial charge in [-0.3, -0.25) is 4.79 Å². The summed E-state index contributed by atoms with van der Waals surface area (Å²) in [7, 11) is 0. The van der Waals surface area contributed by atoms with Crippen molar-refractivity contribution in [1.82, 2.24) is 0 Å². The molecule has 1 aromatic carbocycles. The second kappa shape index (κ2) is 5.30. The fraction of sp³-hybridized carbons (Fsp3) is 0.333. The SMILES string of the molecule is CCOC(=O)c1ccc(O)c(C(=O)CC)c1. The van der Waals surface area contributed by atoms with Crippen molar-refractivity contribution < 1.29 is 19.4 Å². The summed E-state index contributed by atoms with van der Waals surface area (Å²) in [5, 5.41) is 9.48. The summed E-state index contributed by atoms with van der Waals surface area (Å²) < 4.78 is 4.80. The molecule has 4 heteroatoms. The molecule has 0 amide bonds. The molecule has 4 nitrogen and oxygen atoms in total. The lowest BCUT2D eigenvalue weighted by molar-refractivity contribution is 0.0526. The summed E-state index contributed by atoms with van der Waals surface area (Å²) in [6.07, 6.45) is 0.278. The molecule has 0 aliphatic rings. The van der Waals surface area contributed by atoms with Gasteiger partial charge in [0.1, 0.15) is 5.75 Å². The van der Waals surface area contributed by atoms with Gasteiger partial charge < -0.3 is 9.84 Å². The number of ether oxygens (including phenoxy) is 1. The molecule has 0 aromatic heterocycles. The second-order valence-electron chi connectivity index (χ2n) is 3.23. The number of carbonyl (C=O) groups excluding carboxylic acids is 2. The number of carbonyl (C=O) groups is 2. The first-order valence-corrected chi connectivity index (χ1v) is 5.13. The smallest absolute Gasteiger partial charge is 0.338 e. The van der Waals surface area contributed by atoms with Crippen LogP contribution in [-0.4, -0.2) is 23.5 Å². The molecule has 0 saturated heterocycles. The van der Waals surface area contributed by atoms with Gasteiger partial charge in [-0.2, -0.15) is 0 Å². The van der Waals surface area contributed by atoms with Crippen molar-refractivity contribution in [2.24, 2.45) is 0 Å². The molecular formula is C12H14O4. The third-order valence-corrected chi connectivity index (χ3v) is 2.13. The van der Waals surface area contributed by atoms with E-state index in [-0.39, 0.29) is 35.7 Å². The van der Waals surface area contributed by atoms with Crippen LogP contribution in [0.5, 0.6) is 5.75 Å². The normalized spacial score (nSPS) is 9.88. The standard InChI is InChI=1S/C12H14O4/c1-3-10(13)9-7-8(5-6-11(9)14)12(15)16-4-2/h5-7,14H,3-4H2,1-2H3. The zero-order chi connectivity index (χ0) is 12.1. The van der Waals surface area contributed by atoms with Crippen LogP contribution in [-0.2, 0) is 4.74 Å². The van der Waals surface area contributed by atoms with Crippen LogP contribution in [0.25, 0.3) is 0 Å². The van der Waals surface area contributed by atoms with Gasteiger partial charge in [-0.15, -0.1) is 0 Å². The van der Waals surface area contributed by atoms with Crippen molar-refractivity contribution in [1.29, 1.82) is 0 Å². The van der Waals surface area contributed by atoms with Gasteiger partial charge in [0.2, 0.25) is 0 Å². The molecule has 0 spiro atoms. The summed E-state index contributed by atoms with van der Waals surface area (Å²) in [5.41, 5.74) is 0.435. The van der Waals surface area contributed by atoms with Crippen LogP contribution < -0.4 is 0 Å². The highest BCUT2D eigenvalue weighted by Gasteiger charge is 2.13. The number of phenolic OH excluding ortho intramolecular Hbond substituents is 1. The first-order valence-electron chi connectivity index (χ1n) is 5.13. The van der Waals surface area contributed by atoms with Gasteiger partial charge in [0.25, 0.3) is 0 Å². The second-order valence-corrected chi connectivity index (χ2v) is 3.23. The Labute approximate surface area is 93.9 Å². The minimum atomic E-state index is -0.493. The van der Waals surface area contributed by atoms with Gasteiger partial charge in [0.05, 0.1) is 17.7 Å². The van der Waals surface area contributed by atoms with Crippen LogP contribution in [0.4, 0.5) is 0 Å². The summed E-state index contributed by atoms with van der Waals surface area (Å²) in [6.45, 7) is 3.67. The van der Waals surface area contributed by atoms with Gasteiger partial charge in [-0.1, -0.05) is 6.92 Å². The van der Waals surface area contributed by atoms with Gasteiger partial charge in [0.15, 0.2) is 5.78 Å². The van der Waals surface area contributed by atoms with E-state index >= 15 is 0 Å². The highest BCUT2D eigenvalue weighted by Crippen LogP contribution is 2.20.